The molecule has 0 saturated carbocycles. The van der Waals surface area contributed by atoms with Crippen LogP contribution in [0.4, 0.5) is 0 Å². The minimum absolute atomic E-state index is 0.0466. The molecule has 5 heteroatoms. The van der Waals surface area contributed by atoms with Crippen molar-refractivity contribution in [1.82, 2.24) is 3.93 Å². The fourth-order valence-corrected chi connectivity index (χ4v) is 1.24. The van der Waals surface area contributed by atoms with Crippen molar-refractivity contribution in [2.24, 2.45) is 0 Å². The lowest BCUT2D eigenvalue weighted by molar-refractivity contribution is -0.121. The van der Waals surface area contributed by atoms with E-state index in [1.54, 1.807) is 0 Å². The molecule has 66 valence electrons. The van der Waals surface area contributed by atoms with Crippen LogP contribution in [-0.4, -0.2) is 45.7 Å². The first-order valence-corrected chi connectivity index (χ1v) is 3.99. The maximum atomic E-state index is 10.8. The van der Waals surface area contributed by atoms with Gasteiger partial charge in [-0.15, -0.1) is 0 Å². The normalized spacial score (nSPS) is 13.5. The Balaban J connectivity index is 3.91. The monoisotopic (exact) mass is 225 g/mol. The number of carbonyl (C=O) groups excluding carboxylic acids is 1. The molecule has 0 saturated heterocycles. The molecule has 0 aromatic rings. The number of aliphatic hydroxyl groups excluding tert-OH is 2. The van der Waals surface area contributed by atoms with Gasteiger partial charge < -0.3 is 10.2 Å². The van der Waals surface area contributed by atoms with E-state index in [4.69, 9.17) is 10.2 Å². The number of carbonyl (C=O) groups is 1. The minimum Gasteiger partial charge on any atom is -0.395 e. The standard InChI is InChI=1S/C6H12BrNO3/c1-5(11)6(4-10)8(7)2-3-9/h6,9-10H,2-4H2,1H3. The van der Waals surface area contributed by atoms with Crippen molar-refractivity contribution in [1.29, 1.82) is 0 Å². The molecule has 0 aromatic heterocycles. The van der Waals surface area contributed by atoms with Crippen LogP contribution in [0.15, 0.2) is 0 Å². The molecule has 2 N–H and O–H groups in total. The second kappa shape index (κ2) is 5.65. The summed E-state index contributed by atoms with van der Waals surface area (Å²) in [5.74, 6) is -0.127. The zero-order chi connectivity index (χ0) is 8.85. The Kier molecular flexibility index (Phi) is 5.67. The van der Waals surface area contributed by atoms with Crippen molar-refractivity contribution < 1.29 is 15.0 Å². The van der Waals surface area contributed by atoms with Crippen LogP contribution in [0, 0.1) is 0 Å². The molecule has 11 heavy (non-hydrogen) atoms. The predicted molar refractivity (Wildman–Crippen MR) is 44.3 cm³/mol. The topological polar surface area (TPSA) is 60.8 Å². The summed E-state index contributed by atoms with van der Waals surface area (Å²) < 4.78 is 1.44. The first kappa shape index (κ1) is 11.0. The Labute approximate surface area is 74.2 Å². The van der Waals surface area contributed by atoms with E-state index in [1.165, 1.54) is 10.8 Å². The molecule has 0 radical (unpaired) electrons. The third kappa shape index (κ3) is 3.81. The van der Waals surface area contributed by atoms with E-state index in [0.717, 1.165) is 0 Å². The summed E-state index contributed by atoms with van der Waals surface area (Å²) in [6.07, 6.45) is 0. The highest BCUT2D eigenvalue weighted by Gasteiger charge is 2.18. The van der Waals surface area contributed by atoms with Crippen LogP contribution in [-0.2, 0) is 4.79 Å². The van der Waals surface area contributed by atoms with Gasteiger partial charge in [-0.2, -0.15) is 0 Å². The first-order chi connectivity index (χ1) is 5.13. The molecule has 0 aliphatic carbocycles. The van der Waals surface area contributed by atoms with Crippen LogP contribution < -0.4 is 0 Å². The number of nitrogens with zero attached hydrogens (tertiary/aromatic N) is 1. The lowest BCUT2D eigenvalue weighted by atomic mass is 10.2. The fraction of sp³-hybridized carbons (Fsp3) is 0.833. The van der Waals surface area contributed by atoms with Gasteiger partial charge in [-0.1, -0.05) is 0 Å². The molecular formula is C6H12BrNO3. The summed E-state index contributed by atoms with van der Waals surface area (Å²) in [5.41, 5.74) is 0. The van der Waals surface area contributed by atoms with Crippen LogP contribution in [0.3, 0.4) is 0 Å². The van der Waals surface area contributed by atoms with Gasteiger partial charge in [-0.25, -0.2) is 3.93 Å². The van der Waals surface area contributed by atoms with Gasteiger partial charge in [-0.3, -0.25) is 4.79 Å². The zero-order valence-electron chi connectivity index (χ0n) is 6.33. The summed E-state index contributed by atoms with van der Waals surface area (Å²) in [7, 11) is 0. The van der Waals surface area contributed by atoms with E-state index in [1.807, 2.05) is 0 Å². The van der Waals surface area contributed by atoms with Gasteiger partial charge in [0, 0.05) is 22.7 Å². The van der Waals surface area contributed by atoms with Crippen LogP contribution in [0.1, 0.15) is 6.92 Å². The Morgan fingerprint density at radius 1 is 1.64 bits per heavy atom. The van der Waals surface area contributed by atoms with E-state index in [0.29, 0.717) is 6.54 Å². The molecular weight excluding hydrogens is 214 g/mol. The number of aliphatic hydroxyl groups is 2. The summed E-state index contributed by atoms with van der Waals surface area (Å²) in [4.78, 5) is 10.8. The third-order valence-electron chi connectivity index (χ3n) is 1.29. The maximum Gasteiger partial charge on any atom is 0.150 e. The van der Waals surface area contributed by atoms with Crippen LogP contribution >= 0.6 is 16.1 Å². The highest BCUT2D eigenvalue weighted by molar-refractivity contribution is 9.07. The van der Waals surface area contributed by atoms with E-state index >= 15 is 0 Å². The van der Waals surface area contributed by atoms with Crippen LogP contribution in [0.25, 0.3) is 0 Å². The van der Waals surface area contributed by atoms with Crippen molar-refractivity contribution in [3.63, 3.8) is 0 Å². The van der Waals surface area contributed by atoms with E-state index < -0.39 is 6.04 Å². The summed E-state index contributed by atoms with van der Waals surface area (Å²) >= 11 is 3.06. The van der Waals surface area contributed by atoms with Crippen molar-refractivity contribution in [3.05, 3.63) is 0 Å². The summed E-state index contributed by atoms with van der Waals surface area (Å²) in [6, 6.07) is -0.554. The summed E-state index contributed by atoms with van der Waals surface area (Å²) in [6.45, 7) is 1.44. The average molecular weight is 226 g/mol. The van der Waals surface area contributed by atoms with Crippen molar-refractivity contribution in [3.8, 4) is 0 Å². The van der Waals surface area contributed by atoms with Crippen LogP contribution in [0.2, 0.25) is 0 Å². The smallest absolute Gasteiger partial charge is 0.150 e. The molecule has 0 aromatic carbocycles. The molecule has 0 spiro atoms. The van der Waals surface area contributed by atoms with Crippen molar-refractivity contribution in [2.75, 3.05) is 19.8 Å². The van der Waals surface area contributed by atoms with Gasteiger partial charge in [-0.05, 0) is 6.92 Å². The molecule has 1 atom stereocenters. The number of rotatable bonds is 5. The highest BCUT2D eigenvalue weighted by Crippen LogP contribution is 2.05. The molecule has 0 rings (SSSR count). The third-order valence-corrected chi connectivity index (χ3v) is 2.14. The lowest BCUT2D eigenvalue weighted by Crippen LogP contribution is -2.37. The SMILES string of the molecule is CC(=O)C(CO)N(Br)CCO. The van der Waals surface area contributed by atoms with Gasteiger partial charge in [0.05, 0.1) is 13.2 Å². The Hall–Kier alpha value is 0.0300. The Morgan fingerprint density at radius 2 is 2.18 bits per heavy atom. The van der Waals surface area contributed by atoms with Gasteiger partial charge in [0.15, 0.2) is 0 Å². The van der Waals surface area contributed by atoms with E-state index in [2.05, 4.69) is 16.1 Å². The highest BCUT2D eigenvalue weighted by atomic mass is 79.9. The van der Waals surface area contributed by atoms with Gasteiger partial charge in [0.1, 0.15) is 11.8 Å². The molecule has 0 aliphatic rings. The van der Waals surface area contributed by atoms with E-state index in [9.17, 15) is 4.79 Å². The number of halogens is 1. The van der Waals surface area contributed by atoms with Crippen molar-refractivity contribution in [2.45, 2.75) is 13.0 Å². The predicted octanol–water partition coefficient (Wildman–Crippen LogP) is -0.459. The molecule has 4 nitrogen and oxygen atoms in total. The Morgan fingerprint density at radius 3 is 2.45 bits per heavy atom. The number of Topliss-reactive ketones (excluding diaryl/α,β-unsaturated/α-hetero) is 1. The largest absolute Gasteiger partial charge is 0.395 e. The number of hydrogen-bond acceptors (Lipinski definition) is 4. The molecule has 0 heterocycles. The average Bonchev–Trinajstić information content (AvgIpc) is 1.88. The van der Waals surface area contributed by atoms with Gasteiger partial charge >= 0.3 is 0 Å². The van der Waals surface area contributed by atoms with Gasteiger partial charge in [0.2, 0.25) is 0 Å². The lowest BCUT2D eigenvalue weighted by Gasteiger charge is -2.20. The minimum atomic E-state index is -0.554. The maximum absolute atomic E-state index is 10.8. The Bertz CT molecular complexity index is 131. The number of hydrogen-bond donors (Lipinski definition) is 2. The van der Waals surface area contributed by atoms with Gasteiger partial charge in [0.25, 0.3) is 0 Å². The second-order valence-corrected chi connectivity index (χ2v) is 3.07. The molecule has 0 fully saturated rings. The molecule has 0 aliphatic heterocycles. The summed E-state index contributed by atoms with van der Waals surface area (Å²) in [5, 5.41) is 17.2. The first-order valence-electron chi connectivity index (χ1n) is 3.28. The molecule has 0 amide bonds. The molecule has 0 bridgehead atoms. The fourth-order valence-electron chi connectivity index (χ4n) is 0.666. The van der Waals surface area contributed by atoms with Crippen molar-refractivity contribution >= 4 is 21.9 Å². The quantitative estimate of drug-likeness (QED) is 0.623. The van der Waals surface area contributed by atoms with E-state index in [-0.39, 0.29) is 19.0 Å². The number of ketones is 1. The molecule has 1 unspecified atom stereocenters. The zero-order valence-corrected chi connectivity index (χ0v) is 7.91. The second-order valence-electron chi connectivity index (χ2n) is 2.16. The van der Waals surface area contributed by atoms with Crippen LogP contribution in [0.5, 0.6) is 0 Å².